The number of halogens is 4. The number of hydrogen-bond donors (Lipinski definition) is 2. The Balaban J connectivity index is 0.00000363. The van der Waals surface area contributed by atoms with Crippen LogP contribution in [0.15, 0.2) is 53.5 Å². The molecule has 0 bridgehead atoms. The molecule has 0 amide bonds. The molecule has 0 spiro atoms. The fourth-order valence-electron chi connectivity index (χ4n) is 3.62. The van der Waals surface area contributed by atoms with Crippen LogP contribution in [0, 0.1) is 5.92 Å². The zero-order valence-corrected chi connectivity index (χ0v) is 20.3. The zero-order chi connectivity index (χ0) is 22.3. The van der Waals surface area contributed by atoms with Crippen molar-refractivity contribution >= 4 is 35.6 Å². The zero-order valence-electron chi connectivity index (χ0n) is 18.0. The number of aliphatic imine (C=N–C) groups is 1. The van der Waals surface area contributed by atoms with Crippen molar-refractivity contribution in [3.63, 3.8) is 0 Å². The van der Waals surface area contributed by atoms with Crippen LogP contribution in [0.25, 0.3) is 0 Å². The minimum absolute atomic E-state index is 0. The van der Waals surface area contributed by atoms with Gasteiger partial charge in [0.2, 0.25) is 0 Å². The number of benzene rings is 2. The highest BCUT2D eigenvalue weighted by atomic mass is 127. The van der Waals surface area contributed by atoms with E-state index in [9.17, 15) is 13.2 Å². The standard InChI is InChI=1S/C22H27F3N4O2.HI/c1-26-21(28-14-17-7-3-5-9-19(17)31-22(23,24)25)27-13-16-11-12-29(15-16)18-8-4-6-10-20(18)30-2;/h3-10,16H,11-15H2,1-2H3,(H2,26,27,28);1H. The van der Waals surface area contributed by atoms with Gasteiger partial charge in [-0.15, -0.1) is 37.1 Å². The third kappa shape index (κ3) is 7.35. The number of methoxy groups -OCH3 is 1. The smallest absolute Gasteiger partial charge is 0.495 e. The topological polar surface area (TPSA) is 58.1 Å². The van der Waals surface area contributed by atoms with Gasteiger partial charge in [0.05, 0.1) is 12.8 Å². The third-order valence-corrected chi connectivity index (χ3v) is 5.14. The largest absolute Gasteiger partial charge is 0.573 e. The van der Waals surface area contributed by atoms with Gasteiger partial charge in [0.25, 0.3) is 0 Å². The molecule has 1 saturated heterocycles. The van der Waals surface area contributed by atoms with Crippen LogP contribution in [0.3, 0.4) is 0 Å². The fourth-order valence-corrected chi connectivity index (χ4v) is 3.62. The van der Waals surface area contributed by atoms with Gasteiger partial charge in [0.1, 0.15) is 11.5 Å². The second-order valence-electron chi connectivity index (χ2n) is 7.23. The average Bonchev–Trinajstić information content (AvgIpc) is 3.22. The van der Waals surface area contributed by atoms with Gasteiger partial charge in [-0.2, -0.15) is 0 Å². The first-order valence-electron chi connectivity index (χ1n) is 10.1. The lowest BCUT2D eigenvalue weighted by atomic mass is 10.1. The lowest BCUT2D eigenvalue weighted by molar-refractivity contribution is -0.274. The molecule has 176 valence electrons. The van der Waals surface area contributed by atoms with E-state index < -0.39 is 6.36 Å². The van der Waals surface area contributed by atoms with E-state index in [-0.39, 0.29) is 36.3 Å². The lowest BCUT2D eigenvalue weighted by Gasteiger charge is -2.21. The summed E-state index contributed by atoms with van der Waals surface area (Å²) in [5.74, 6) is 1.57. The molecule has 3 rings (SSSR count). The summed E-state index contributed by atoms with van der Waals surface area (Å²) in [5.41, 5.74) is 1.47. The van der Waals surface area contributed by atoms with E-state index in [0.29, 0.717) is 24.0 Å². The van der Waals surface area contributed by atoms with Gasteiger partial charge in [-0.05, 0) is 30.5 Å². The molecule has 0 aliphatic carbocycles. The Hall–Kier alpha value is -2.37. The molecule has 6 nitrogen and oxygen atoms in total. The summed E-state index contributed by atoms with van der Waals surface area (Å²) < 4.78 is 47.3. The van der Waals surface area contributed by atoms with Crippen LogP contribution in [0.1, 0.15) is 12.0 Å². The number of alkyl halides is 3. The van der Waals surface area contributed by atoms with Crippen molar-refractivity contribution in [3.8, 4) is 11.5 Å². The van der Waals surface area contributed by atoms with Crippen molar-refractivity contribution in [3.05, 3.63) is 54.1 Å². The number of nitrogens with zero attached hydrogens (tertiary/aromatic N) is 2. The normalized spacial score (nSPS) is 16.3. The van der Waals surface area contributed by atoms with Crippen LogP contribution in [-0.2, 0) is 6.54 Å². The number of anilines is 1. The molecule has 1 heterocycles. The predicted molar refractivity (Wildman–Crippen MR) is 130 cm³/mol. The maximum absolute atomic E-state index is 12.6. The van der Waals surface area contributed by atoms with Crippen LogP contribution in [0.4, 0.5) is 18.9 Å². The van der Waals surface area contributed by atoms with Gasteiger partial charge < -0.3 is 25.0 Å². The summed E-state index contributed by atoms with van der Waals surface area (Å²) in [6, 6.07) is 14.0. The molecule has 0 aromatic heterocycles. The molecule has 1 atom stereocenters. The summed E-state index contributed by atoms with van der Waals surface area (Å²) in [6.45, 7) is 2.67. The van der Waals surface area contributed by atoms with Crippen molar-refractivity contribution in [1.29, 1.82) is 0 Å². The Labute approximate surface area is 203 Å². The van der Waals surface area contributed by atoms with Crippen molar-refractivity contribution < 1.29 is 22.6 Å². The second kappa shape index (κ2) is 12.0. The van der Waals surface area contributed by atoms with Gasteiger partial charge in [0.15, 0.2) is 5.96 Å². The summed E-state index contributed by atoms with van der Waals surface area (Å²) >= 11 is 0. The minimum Gasteiger partial charge on any atom is -0.495 e. The summed E-state index contributed by atoms with van der Waals surface area (Å²) in [6.07, 6.45) is -3.71. The first-order chi connectivity index (χ1) is 14.9. The maximum atomic E-state index is 12.6. The SMILES string of the molecule is CN=C(NCc1ccccc1OC(F)(F)F)NCC1CCN(c2ccccc2OC)C1.I. The first-order valence-corrected chi connectivity index (χ1v) is 10.1. The molecule has 1 fully saturated rings. The average molecular weight is 564 g/mol. The summed E-state index contributed by atoms with van der Waals surface area (Å²) in [7, 11) is 3.30. The number of nitrogens with one attached hydrogen (secondary N) is 2. The van der Waals surface area contributed by atoms with Crippen LogP contribution >= 0.6 is 24.0 Å². The van der Waals surface area contributed by atoms with Gasteiger partial charge in [-0.25, -0.2) is 0 Å². The number of guanidine groups is 1. The Morgan fingerprint density at radius 3 is 2.47 bits per heavy atom. The summed E-state index contributed by atoms with van der Waals surface area (Å²) in [4.78, 5) is 6.47. The van der Waals surface area contributed by atoms with E-state index in [1.165, 1.54) is 12.1 Å². The minimum atomic E-state index is -4.73. The van der Waals surface area contributed by atoms with E-state index in [1.54, 1.807) is 26.3 Å². The van der Waals surface area contributed by atoms with Gasteiger partial charge in [-0.3, -0.25) is 4.99 Å². The maximum Gasteiger partial charge on any atom is 0.573 e. The molecule has 1 unspecified atom stereocenters. The van der Waals surface area contributed by atoms with Gasteiger partial charge in [0, 0.05) is 38.8 Å². The monoisotopic (exact) mass is 564 g/mol. The molecule has 1 aliphatic heterocycles. The predicted octanol–water partition coefficient (Wildman–Crippen LogP) is 4.40. The number of rotatable bonds is 7. The number of ether oxygens (including phenoxy) is 2. The third-order valence-electron chi connectivity index (χ3n) is 5.14. The Kier molecular flexibility index (Phi) is 9.73. The number of hydrogen-bond acceptors (Lipinski definition) is 4. The van der Waals surface area contributed by atoms with E-state index >= 15 is 0 Å². The molecule has 10 heteroatoms. The highest BCUT2D eigenvalue weighted by Gasteiger charge is 2.32. The van der Waals surface area contributed by atoms with E-state index in [1.807, 2.05) is 18.2 Å². The quantitative estimate of drug-likeness (QED) is 0.297. The van der Waals surface area contributed by atoms with Crippen molar-refractivity contribution in [2.45, 2.75) is 19.3 Å². The number of para-hydroxylation sites is 3. The molecular weight excluding hydrogens is 536 g/mol. The van der Waals surface area contributed by atoms with Crippen LogP contribution < -0.4 is 25.0 Å². The molecule has 2 aromatic carbocycles. The molecule has 1 aliphatic rings. The molecule has 2 aromatic rings. The van der Waals surface area contributed by atoms with Crippen LogP contribution in [0.2, 0.25) is 0 Å². The van der Waals surface area contributed by atoms with E-state index in [4.69, 9.17) is 4.74 Å². The Bertz CT molecular complexity index is 895. The van der Waals surface area contributed by atoms with E-state index in [0.717, 1.165) is 30.9 Å². The highest BCUT2D eigenvalue weighted by Crippen LogP contribution is 2.31. The van der Waals surface area contributed by atoms with Crippen LogP contribution in [0.5, 0.6) is 11.5 Å². The van der Waals surface area contributed by atoms with Gasteiger partial charge in [-0.1, -0.05) is 30.3 Å². The van der Waals surface area contributed by atoms with Crippen molar-refractivity contribution in [1.82, 2.24) is 10.6 Å². The Morgan fingerprint density at radius 1 is 1.09 bits per heavy atom. The molecular formula is C22H28F3IN4O2. The van der Waals surface area contributed by atoms with Crippen molar-refractivity contribution in [2.75, 3.05) is 38.7 Å². The highest BCUT2D eigenvalue weighted by molar-refractivity contribution is 14.0. The van der Waals surface area contributed by atoms with Crippen molar-refractivity contribution in [2.24, 2.45) is 10.9 Å². The van der Waals surface area contributed by atoms with Crippen LogP contribution in [-0.4, -0.2) is 46.1 Å². The fraction of sp³-hybridized carbons (Fsp3) is 0.409. The Morgan fingerprint density at radius 2 is 1.78 bits per heavy atom. The molecule has 0 radical (unpaired) electrons. The molecule has 2 N–H and O–H groups in total. The lowest BCUT2D eigenvalue weighted by Crippen LogP contribution is -2.40. The molecule has 0 saturated carbocycles. The van der Waals surface area contributed by atoms with E-state index in [2.05, 4.69) is 31.3 Å². The molecule has 32 heavy (non-hydrogen) atoms. The first kappa shape index (κ1) is 25.9. The second-order valence-corrected chi connectivity index (χ2v) is 7.23. The van der Waals surface area contributed by atoms with Gasteiger partial charge >= 0.3 is 6.36 Å². The summed E-state index contributed by atoms with van der Waals surface area (Å²) in [5, 5.41) is 6.32.